The Morgan fingerprint density at radius 3 is 2.81 bits per heavy atom. The van der Waals surface area contributed by atoms with E-state index in [0.29, 0.717) is 40.7 Å². The number of anilines is 1. The van der Waals surface area contributed by atoms with Crippen LogP contribution < -0.4 is 10.1 Å². The van der Waals surface area contributed by atoms with Crippen molar-refractivity contribution in [2.24, 2.45) is 4.99 Å². The lowest BCUT2D eigenvalue weighted by Gasteiger charge is -2.09. The van der Waals surface area contributed by atoms with Crippen molar-refractivity contribution in [3.05, 3.63) is 45.4 Å². The van der Waals surface area contributed by atoms with Crippen molar-refractivity contribution in [3.63, 3.8) is 0 Å². The molecule has 2 aromatic carbocycles. The zero-order chi connectivity index (χ0) is 19.1. The van der Waals surface area contributed by atoms with E-state index in [2.05, 4.69) is 26.2 Å². The van der Waals surface area contributed by atoms with E-state index in [-0.39, 0.29) is 11.7 Å². The summed E-state index contributed by atoms with van der Waals surface area (Å²) in [5.74, 6) is 0.313. The normalized spacial score (nSPS) is 10.9. The van der Waals surface area contributed by atoms with Crippen molar-refractivity contribution in [1.82, 2.24) is 0 Å². The molecule has 0 atom stereocenters. The minimum Gasteiger partial charge on any atom is -0.504 e. The molecule has 138 valence electrons. The quantitative estimate of drug-likeness (QED) is 0.544. The maximum absolute atomic E-state index is 11.7. The van der Waals surface area contributed by atoms with Crippen LogP contribution in [0, 0.1) is 0 Å². The topological polar surface area (TPSA) is 70.9 Å². The Kier molecular flexibility index (Phi) is 7.48. The first-order valence-electron chi connectivity index (χ1n) is 8.23. The number of carbonyl (C=O) groups is 1. The highest BCUT2D eigenvalue weighted by molar-refractivity contribution is 9.10. The van der Waals surface area contributed by atoms with Crippen LogP contribution in [0.15, 0.2) is 39.8 Å². The van der Waals surface area contributed by atoms with Crippen LogP contribution >= 0.6 is 27.5 Å². The van der Waals surface area contributed by atoms with Gasteiger partial charge in [0.15, 0.2) is 11.5 Å². The lowest BCUT2D eigenvalue weighted by molar-refractivity contribution is -0.116. The molecule has 26 heavy (non-hydrogen) atoms. The fourth-order valence-electron chi connectivity index (χ4n) is 2.24. The van der Waals surface area contributed by atoms with Crippen LogP contribution in [-0.2, 0) is 4.79 Å². The van der Waals surface area contributed by atoms with Gasteiger partial charge in [-0.1, -0.05) is 34.5 Å². The van der Waals surface area contributed by atoms with Gasteiger partial charge in [-0.2, -0.15) is 0 Å². The van der Waals surface area contributed by atoms with Crippen LogP contribution in [0.2, 0.25) is 5.02 Å². The molecule has 0 aliphatic heterocycles. The van der Waals surface area contributed by atoms with E-state index in [1.54, 1.807) is 30.3 Å². The van der Waals surface area contributed by atoms with Gasteiger partial charge in [0.2, 0.25) is 5.91 Å². The number of aliphatic imine (C=N–C) groups is 1. The van der Waals surface area contributed by atoms with Crippen molar-refractivity contribution >= 4 is 51.0 Å². The lowest BCUT2D eigenvalue weighted by atomic mass is 10.2. The first-order valence-corrected chi connectivity index (χ1v) is 9.40. The number of carbonyl (C=O) groups excluding carboxylic acids is 1. The van der Waals surface area contributed by atoms with Crippen molar-refractivity contribution < 1.29 is 14.6 Å². The number of hydrogen-bond acceptors (Lipinski definition) is 4. The Labute approximate surface area is 166 Å². The average molecular weight is 440 g/mol. The van der Waals surface area contributed by atoms with Crippen LogP contribution in [-0.4, -0.2) is 23.8 Å². The average Bonchev–Trinajstić information content (AvgIpc) is 2.59. The van der Waals surface area contributed by atoms with Gasteiger partial charge < -0.3 is 15.2 Å². The summed E-state index contributed by atoms with van der Waals surface area (Å²) >= 11 is 9.57. The summed E-state index contributed by atoms with van der Waals surface area (Å²) < 4.78 is 6.16. The SMILES string of the molecule is CCCC(=O)Nc1ccc(Cl)c(N=Cc2cc(Br)cc(OCC)c2O)c1. The largest absolute Gasteiger partial charge is 0.504 e. The third kappa shape index (κ3) is 5.47. The highest BCUT2D eigenvalue weighted by Gasteiger charge is 2.10. The number of halogens is 2. The Morgan fingerprint density at radius 2 is 2.12 bits per heavy atom. The molecule has 2 aromatic rings. The number of phenolic OH excluding ortho intramolecular Hbond substituents is 1. The van der Waals surface area contributed by atoms with Gasteiger partial charge in [-0.25, -0.2) is 0 Å². The molecule has 2 N–H and O–H groups in total. The second-order valence-corrected chi connectivity index (χ2v) is 6.82. The number of nitrogens with one attached hydrogen (secondary N) is 1. The lowest BCUT2D eigenvalue weighted by Crippen LogP contribution is -2.10. The molecule has 0 bridgehead atoms. The highest BCUT2D eigenvalue weighted by Crippen LogP contribution is 2.34. The van der Waals surface area contributed by atoms with Crippen molar-refractivity contribution in [2.75, 3.05) is 11.9 Å². The zero-order valence-corrected chi connectivity index (χ0v) is 16.9. The number of hydrogen-bond donors (Lipinski definition) is 2. The predicted octanol–water partition coefficient (Wildman–Crippen LogP) is 5.70. The first kappa shape index (κ1) is 20.3. The molecule has 0 aromatic heterocycles. The Bertz CT molecular complexity index is 825. The molecule has 5 nitrogen and oxygen atoms in total. The molecule has 0 saturated heterocycles. The van der Waals surface area contributed by atoms with Crippen LogP contribution in [0.4, 0.5) is 11.4 Å². The second kappa shape index (κ2) is 9.59. The molecular formula is C19H20BrClN2O3. The van der Waals surface area contributed by atoms with Gasteiger partial charge in [0.1, 0.15) is 0 Å². The van der Waals surface area contributed by atoms with Gasteiger partial charge in [0.05, 0.1) is 17.3 Å². The van der Waals surface area contributed by atoms with E-state index >= 15 is 0 Å². The van der Waals surface area contributed by atoms with E-state index in [0.717, 1.165) is 10.9 Å². The van der Waals surface area contributed by atoms with Crippen LogP contribution in [0.1, 0.15) is 32.3 Å². The summed E-state index contributed by atoms with van der Waals surface area (Å²) in [5, 5.41) is 13.5. The standard InChI is InChI=1S/C19H20BrClN2O3/c1-3-5-18(24)23-14-6-7-15(21)16(10-14)22-11-12-8-13(20)9-17(19(12)25)26-4-2/h6-11,25H,3-5H2,1-2H3,(H,23,24). The fraction of sp³-hybridized carbons (Fsp3) is 0.263. The van der Waals surface area contributed by atoms with Gasteiger partial charge in [-0.3, -0.25) is 9.79 Å². The third-order valence-corrected chi connectivity index (χ3v) is 4.20. The Hall–Kier alpha value is -2.05. The van der Waals surface area contributed by atoms with Crippen LogP contribution in [0.3, 0.4) is 0 Å². The van der Waals surface area contributed by atoms with E-state index in [9.17, 15) is 9.90 Å². The Balaban J connectivity index is 2.29. The van der Waals surface area contributed by atoms with Gasteiger partial charge in [-0.05, 0) is 43.7 Å². The minimum absolute atomic E-state index is 0.00215. The number of phenols is 1. The number of ether oxygens (including phenoxy) is 1. The molecule has 0 heterocycles. The van der Waals surface area contributed by atoms with Crippen molar-refractivity contribution in [2.45, 2.75) is 26.7 Å². The molecular weight excluding hydrogens is 420 g/mol. The molecule has 7 heteroatoms. The summed E-state index contributed by atoms with van der Waals surface area (Å²) in [7, 11) is 0. The molecule has 0 aliphatic rings. The predicted molar refractivity (Wildman–Crippen MR) is 109 cm³/mol. The van der Waals surface area contributed by atoms with Gasteiger partial charge >= 0.3 is 0 Å². The fourth-order valence-corrected chi connectivity index (χ4v) is 2.86. The van der Waals surface area contributed by atoms with Crippen LogP contribution in [0.25, 0.3) is 0 Å². The van der Waals surface area contributed by atoms with E-state index in [1.165, 1.54) is 6.21 Å². The second-order valence-electron chi connectivity index (χ2n) is 5.50. The number of amides is 1. The van der Waals surface area contributed by atoms with Crippen molar-refractivity contribution in [1.29, 1.82) is 0 Å². The van der Waals surface area contributed by atoms with Crippen LogP contribution in [0.5, 0.6) is 11.5 Å². The molecule has 0 spiro atoms. The number of aromatic hydroxyl groups is 1. The van der Waals surface area contributed by atoms with E-state index < -0.39 is 0 Å². The summed E-state index contributed by atoms with van der Waals surface area (Å²) in [6.07, 6.45) is 2.73. The minimum atomic E-state index is -0.0595. The molecule has 0 fully saturated rings. The van der Waals surface area contributed by atoms with Gasteiger partial charge in [0.25, 0.3) is 0 Å². The molecule has 0 unspecified atom stereocenters. The Morgan fingerprint density at radius 1 is 1.35 bits per heavy atom. The molecule has 1 amide bonds. The van der Waals surface area contributed by atoms with Gasteiger partial charge in [0, 0.05) is 28.4 Å². The number of benzene rings is 2. The molecule has 0 saturated carbocycles. The van der Waals surface area contributed by atoms with E-state index in [4.69, 9.17) is 16.3 Å². The summed E-state index contributed by atoms with van der Waals surface area (Å²) in [4.78, 5) is 16.1. The van der Waals surface area contributed by atoms with Gasteiger partial charge in [-0.15, -0.1) is 0 Å². The molecule has 2 rings (SSSR count). The maximum atomic E-state index is 11.7. The summed E-state index contributed by atoms with van der Waals surface area (Å²) in [6, 6.07) is 8.49. The highest BCUT2D eigenvalue weighted by atomic mass is 79.9. The van der Waals surface area contributed by atoms with Crippen molar-refractivity contribution in [3.8, 4) is 11.5 Å². The summed E-state index contributed by atoms with van der Waals surface area (Å²) in [6.45, 7) is 4.22. The third-order valence-electron chi connectivity index (χ3n) is 3.42. The number of rotatable bonds is 7. The number of nitrogens with zero attached hydrogens (tertiary/aromatic N) is 1. The molecule has 0 radical (unpaired) electrons. The van der Waals surface area contributed by atoms with E-state index in [1.807, 2.05) is 13.8 Å². The molecule has 0 aliphatic carbocycles. The monoisotopic (exact) mass is 438 g/mol. The first-order chi connectivity index (χ1) is 12.4. The smallest absolute Gasteiger partial charge is 0.224 e. The maximum Gasteiger partial charge on any atom is 0.224 e. The zero-order valence-electron chi connectivity index (χ0n) is 14.6. The summed E-state index contributed by atoms with van der Waals surface area (Å²) in [5.41, 5.74) is 1.59.